The summed E-state index contributed by atoms with van der Waals surface area (Å²) in [5, 5.41) is 12.3. The van der Waals surface area contributed by atoms with Gasteiger partial charge in [-0.1, -0.05) is 54.1 Å². The predicted octanol–water partition coefficient (Wildman–Crippen LogP) is 3.61. The molecule has 1 atom stereocenters. The molecule has 25 heavy (non-hydrogen) atoms. The van der Waals surface area contributed by atoms with Gasteiger partial charge < -0.3 is 15.2 Å². The lowest BCUT2D eigenvalue weighted by atomic mass is 10.0. The summed E-state index contributed by atoms with van der Waals surface area (Å²) in [5.41, 5.74) is 1.41. The third kappa shape index (κ3) is 5.50. The largest absolute Gasteiger partial charge is 0.492 e. The summed E-state index contributed by atoms with van der Waals surface area (Å²) < 4.78 is 5.52. The van der Waals surface area contributed by atoms with E-state index in [1.807, 2.05) is 13.0 Å². The smallest absolute Gasteiger partial charge is 0.305 e. The first kappa shape index (κ1) is 18.8. The molecule has 0 heterocycles. The van der Waals surface area contributed by atoms with Gasteiger partial charge in [0.15, 0.2) is 0 Å². The fraction of sp³-hybridized carbons (Fsp3) is 0.263. The normalized spacial score (nSPS) is 11.6. The van der Waals surface area contributed by atoms with Crippen molar-refractivity contribution in [2.24, 2.45) is 0 Å². The number of hydrogen-bond acceptors (Lipinski definition) is 3. The van der Waals surface area contributed by atoms with Gasteiger partial charge in [-0.3, -0.25) is 9.59 Å². The molecule has 2 N–H and O–H groups in total. The number of carbonyl (C=O) groups excluding carboxylic acids is 1. The number of rotatable bonds is 8. The SMILES string of the molecule is CCOc1c(Cl)cccc1CC(=O)NC(CC(=O)O)c1ccccc1. The molecule has 0 aliphatic heterocycles. The van der Waals surface area contributed by atoms with Crippen molar-refractivity contribution in [3.63, 3.8) is 0 Å². The summed E-state index contributed by atoms with van der Waals surface area (Å²) >= 11 is 6.13. The van der Waals surface area contributed by atoms with E-state index in [1.165, 1.54) is 0 Å². The Bertz CT molecular complexity index is 733. The number of halogens is 1. The number of ether oxygens (including phenoxy) is 1. The number of amides is 1. The first-order valence-electron chi connectivity index (χ1n) is 7.97. The van der Waals surface area contributed by atoms with Crippen molar-refractivity contribution in [2.45, 2.75) is 25.8 Å². The second-order valence-electron chi connectivity index (χ2n) is 5.47. The Morgan fingerprint density at radius 3 is 2.52 bits per heavy atom. The van der Waals surface area contributed by atoms with Crippen molar-refractivity contribution in [1.29, 1.82) is 0 Å². The highest BCUT2D eigenvalue weighted by Gasteiger charge is 2.19. The molecule has 5 nitrogen and oxygen atoms in total. The molecule has 6 heteroatoms. The minimum absolute atomic E-state index is 0.0544. The molecule has 1 amide bonds. The van der Waals surface area contributed by atoms with E-state index >= 15 is 0 Å². The number of carbonyl (C=O) groups is 2. The highest BCUT2D eigenvalue weighted by atomic mass is 35.5. The summed E-state index contributed by atoms with van der Waals surface area (Å²) in [6.07, 6.45) is -0.136. The van der Waals surface area contributed by atoms with Crippen LogP contribution in [0, 0.1) is 0 Å². The highest BCUT2D eigenvalue weighted by Crippen LogP contribution is 2.29. The van der Waals surface area contributed by atoms with Crippen LogP contribution in [0.1, 0.15) is 30.5 Å². The van der Waals surface area contributed by atoms with Crippen molar-refractivity contribution in [1.82, 2.24) is 5.32 Å². The second-order valence-corrected chi connectivity index (χ2v) is 5.87. The van der Waals surface area contributed by atoms with Crippen LogP contribution in [-0.4, -0.2) is 23.6 Å². The average Bonchev–Trinajstić information content (AvgIpc) is 2.58. The molecule has 2 rings (SSSR count). The standard InChI is InChI=1S/C19H20ClNO4/c1-2-25-19-14(9-6-10-15(19)20)11-17(22)21-16(12-18(23)24)13-7-4-3-5-8-13/h3-10,16H,2,11-12H2,1H3,(H,21,22)(H,23,24). The Morgan fingerprint density at radius 2 is 1.88 bits per heavy atom. The van der Waals surface area contributed by atoms with Crippen LogP contribution >= 0.6 is 11.6 Å². The topological polar surface area (TPSA) is 75.6 Å². The fourth-order valence-corrected chi connectivity index (χ4v) is 2.78. The van der Waals surface area contributed by atoms with Crippen molar-refractivity contribution >= 4 is 23.5 Å². The van der Waals surface area contributed by atoms with Crippen LogP contribution in [0.5, 0.6) is 5.75 Å². The maximum Gasteiger partial charge on any atom is 0.305 e. The molecular formula is C19H20ClNO4. The summed E-state index contributed by atoms with van der Waals surface area (Å²) in [4.78, 5) is 23.6. The van der Waals surface area contributed by atoms with Gasteiger partial charge in [-0.25, -0.2) is 0 Å². The number of carboxylic acid groups (broad SMARTS) is 1. The molecule has 0 bridgehead atoms. The third-order valence-corrected chi connectivity index (χ3v) is 3.90. The van der Waals surface area contributed by atoms with E-state index in [1.54, 1.807) is 42.5 Å². The molecule has 0 saturated heterocycles. The van der Waals surface area contributed by atoms with E-state index in [2.05, 4.69) is 5.32 Å². The van der Waals surface area contributed by atoms with Crippen LogP contribution < -0.4 is 10.1 Å². The van der Waals surface area contributed by atoms with Crippen LogP contribution in [0.4, 0.5) is 0 Å². The average molecular weight is 362 g/mol. The summed E-state index contributed by atoms with van der Waals surface area (Å²) in [6.45, 7) is 2.27. The number of hydrogen-bond donors (Lipinski definition) is 2. The van der Waals surface area contributed by atoms with Gasteiger partial charge in [0, 0.05) is 5.56 Å². The molecule has 132 valence electrons. The first-order valence-corrected chi connectivity index (χ1v) is 8.35. The maximum atomic E-state index is 12.4. The molecule has 2 aromatic carbocycles. The van der Waals surface area contributed by atoms with Crippen LogP contribution in [0.15, 0.2) is 48.5 Å². The van der Waals surface area contributed by atoms with Crippen molar-refractivity contribution < 1.29 is 19.4 Å². The quantitative estimate of drug-likeness (QED) is 0.753. The monoisotopic (exact) mass is 361 g/mol. The van der Waals surface area contributed by atoms with Crippen molar-refractivity contribution in [3.05, 3.63) is 64.7 Å². The first-order chi connectivity index (χ1) is 12.0. The summed E-state index contributed by atoms with van der Waals surface area (Å²) in [6, 6.07) is 13.7. The molecule has 0 radical (unpaired) electrons. The number of aliphatic carboxylic acids is 1. The number of carboxylic acids is 1. The molecule has 0 fully saturated rings. The minimum Gasteiger partial charge on any atom is -0.492 e. The van der Waals surface area contributed by atoms with Gasteiger partial charge in [-0.15, -0.1) is 0 Å². The van der Waals surface area contributed by atoms with Gasteiger partial charge in [0.1, 0.15) is 5.75 Å². The lowest BCUT2D eigenvalue weighted by Gasteiger charge is -2.18. The summed E-state index contributed by atoms with van der Waals surface area (Å²) in [5.74, 6) is -0.790. The Labute approximate surface area is 151 Å². The molecule has 0 spiro atoms. The zero-order chi connectivity index (χ0) is 18.2. The van der Waals surface area contributed by atoms with E-state index in [4.69, 9.17) is 21.4 Å². The van der Waals surface area contributed by atoms with Crippen LogP contribution in [0.25, 0.3) is 0 Å². The third-order valence-electron chi connectivity index (χ3n) is 3.60. The minimum atomic E-state index is -0.980. The lowest BCUT2D eigenvalue weighted by molar-refractivity contribution is -0.137. The van der Waals surface area contributed by atoms with Gasteiger partial charge in [0.2, 0.25) is 5.91 Å². The Kier molecular flexibility index (Phi) is 6.83. The lowest BCUT2D eigenvalue weighted by Crippen LogP contribution is -2.31. The molecule has 2 aromatic rings. The molecule has 0 aliphatic carbocycles. The molecular weight excluding hydrogens is 342 g/mol. The zero-order valence-electron chi connectivity index (χ0n) is 13.9. The second kappa shape index (κ2) is 9.08. The molecule has 0 aliphatic rings. The highest BCUT2D eigenvalue weighted by molar-refractivity contribution is 6.32. The van der Waals surface area contributed by atoms with Crippen molar-refractivity contribution in [2.75, 3.05) is 6.61 Å². The Hall–Kier alpha value is -2.53. The predicted molar refractivity (Wildman–Crippen MR) is 95.9 cm³/mol. The zero-order valence-corrected chi connectivity index (χ0v) is 14.6. The molecule has 1 unspecified atom stereocenters. The van der Waals surface area contributed by atoms with E-state index in [0.29, 0.717) is 22.9 Å². The van der Waals surface area contributed by atoms with Crippen LogP contribution in [0.3, 0.4) is 0 Å². The van der Waals surface area contributed by atoms with Crippen molar-refractivity contribution in [3.8, 4) is 5.75 Å². The van der Waals surface area contributed by atoms with Crippen LogP contribution in [-0.2, 0) is 16.0 Å². The fourth-order valence-electron chi connectivity index (χ4n) is 2.53. The van der Waals surface area contributed by atoms with Gasteiger partial charge in [0.25, 0.3) is 0 Å². The van der Waals surface area contributed by atoms with E-state index in [0.717, 1.165) is 5.56 Å². The molecule has 0 saturated carbocycles. The van der Waals surface area contributed by atoms with E-state index in [9.17, 15) is 9.59 Å². The number of nitrogens with one attached hydrogen (secondary N) is 1. The van der Waals surface area contributed by atoms with Gasteiger partial charge in [0.05, 0.1) is 30.5 Å². The van der Waals surface area contributed by atoms with Gasteiger partial charge >= 0.3 is 5.97 Å². The van der Waals surface area contributed by atoms with Gasteiger partial charge in [-0.05, 0) is 18.6 Å². The van der Waals surface area contributed by atoms with E-state index in [-0.39, 0.29) is 18.7 Å². The maximum absolute atomic E-state index is 12.4. The Morgan fingerprint density at radius 1 is 1.16 bits per heavy atom. The van der Waals surface area contributed by atoms with Gasteiger partial charge in [-0.2, -0.15) is 0 Å². The summed E-state index contributed by atoms with van der Waals surface area (Å²) in [7, 11) is 0. The number of benzene rings is 2. The molecule has 0 aromatic heterocycles. The van der Waals surface area contributed by atoms with Crippen LogP contribution in [0.2, 0.25) is 5.02 Å². The number of para-hydroxylation sites is 1. The Balaban J connectivity index is 2.14. The van der Waals surface area contributed by atoms with E-state index < -0.39 is 12.0 Å².